The van der Waals surface area contributed by atoms with Crippen molar-refractivity contribution in [2.45, 2.75) is 13.3 Å². The molecule has 0 aliphatic rings. The molecule has 0 spiro atoms. The van der Waals surface area contributed by atoms with E-state index in [1.54, 1.807) is 17.9 Å². The van der Waals surface area contributed by atoms with Crippen LogP contribution in [0.25, 0.3) is 0 Å². The Labute approximate surface area is 122 Å². The van der Waals surface area contributed by atoms with Crippen LogP contribution in [0.15, 0.2) is 36.8 Å². The average molecular weight is 287 g/mol. The molecule has 1 heterocycles. The van der Waals surface area contributed by atoms with Crippen molar-refractivity contribution >= 4 is 17.6 Å². The van der Waals surface area contributed by atoms with E-state index in [1.165, 1.54) is 11.1 Å². The standard InChI is InChI=1S/C15H17N3O3/c1-11-5-3-4-6-12(11)18(8-7-14(19)20)15(21)13-9-16-10-17(13)2/h3-6,9-10H,7-8H2,1-2H3,(H,19,20). The first-order valence-corrected chi connectivity index (χ1v) is 6.56. The summed E-state index contributed by atoms with van der Waals surface area (Å²) < 4.78 is 1.62. The summed E-state index contributed by atoms with van der Waals surface area (Å²) in [7, 11) is 1.73. The molecule has 1 aromatic carbocycles. The van der Waals surface area contributed by atoms with Crippen molar-refractivity contribution < 1.29 is 14.7 Å². The van der Waals surface area contributed by atoms with Gasteiger partial charge in [-0.1, -0.05) is 18.2 Å². The fourth-order valence-electron chi connectivity index (χ4n) is 2.11. The van der Waals surface area contributed by atoms with Crippen molar-refractivity contribution in [1.82, 2.24) is 9.55 Å². The summed E-state index contributed by atoms with van der Waals surface area (Å²) in [5, 5.41) is 8.89. The van der Waals surface area contributed by atoms with Crippen LogP contribution in [0.5, 0.6) is 0 Å². The second-order valence-corrected chi connectivity index (χ2v) is 4.78. The third kappa shape index (κ3) is 3.28. The van der Waals surface area contributed by atoms with Gasteiger partial charge in [-0.05, 0) is 18.6 Å². The zero-order valence-corrected chi connectivity index (χ0v) is 12.0. The number of carboxylic acids is 1. The van der Waals surface area contributed by atoms with Gasteiger partial charge in [0, 0.05) is 19.3 Å². The maximum absolute atomic E-state index is 12.7. The molecule has 6 nitrogen and oxygen atoms in total. The van der Waals surface area contributed by atoms with E-state index in [9.17, 15) is 9.59 Å². The molecular weight excluding hydrogens is 270 g/mol. The number of hydrogen-bond donors (Lipinski definition) is 1. The van der Waals surface area contributed by atoms with Crippen LogP contribution in [0, 0.1) is 6.92 Å². The molecule has 0 aliphatic carbocycles. The van der Waals surface area contributed by atoms with Crippen LogP contribution in [-0.2, 0) is 11.8 Å². The Morgan fingerprint density at radius 2 is 2.05 bits per heavy atom. The largest absolute Gasteiger partial charge is 0.481 e. The summed E-state index contributed by atoms with van der Waals surface area (Å²) in [6.07, 6.45) is 2.91. The maximum Gasteiger partial charge on any atom is 0.305 e. The lowest BCUT2D eigenvalue weighted by atomic mass is 10.1. The molecule has 2 rings (SSSR count). The molecule has 2 aromatic rings. The molecule has 21 heavy (non-hydrogen) atoms. The van der Waals surface area contributed by atoms with Crippen molar-refractivity contribution in [3.8, 4) is 0 Å². The molecule has 110 valence electrons. The Morgan fingerprint density at radius 1 is 1.33 bits per heavy atom. The molecule has 0 atom stereocenters. The molecule has 0 saturated carbocycles. The number of carbonyl (C=O) groups excluding carboxylic acids is 1. The van der Waals surface area contributed by atoms with E-state index >= 15 is 0 Å². The number of amides is 1. The van der Waals surface area contributed by atoms with Crippen molar-refractivity contribution in [2.24, 2.45) is 7.05 Å². The normalized spacial score (nSPS) is 10.4. The highest BCUT2D eigenvalue weighted by Gasteiger charge is 2.22. The summed E-state index contributed by atoms with van der Waals surface area (Å²) in [6.45, 7) is 2.00. The van der Waals surface area contributed by atoms with Gasteiger partial charge in [0.05, 0.1) is 18.9 Å². The van der Waals surface area contributed by atoms with Gasteiger partial charge >= 0.3 is 5.97 Å². The molecule has 1 amide bonds. The SMILES string of the molecule is Cc1ccccc1N(CCC(=O)O)C(=O)c1cncn1C. The van der Waals surface area contributed by atoms with Crippen LogP contribution in [-0.4, -0.2) is 33.1 Å². The van der Waals surface area contributed by atoms with Gasteiger partial charge in [-0.25, -0.2) is 4.98 Å². The van der Waals surface area contributed by atoms with E-state index in [0.29, 0.717) is 11.4 Å². The van der Waals surface area contributed by atoms with Crippen molar-refractivity contribution in [1.29, 1.82) is 0 Å². The number of para-hydroxylation sites is 1. The fourth-order valence-corrected chi connectivity index (χ4v) is 2.11. The Balaban J connectivity index is 2.37. The molecular formula is C15H17N3O3. The topological polar surface area (TPSA) is 75.4 Å². The van der Waals surface area contributed by atoms with E-state index in [1.807, 2.05) is 31.2 Å². The van der Waals surface area contributed by atoms with Gasteiger partial charge in [-0.2, -0.15) is 0 Å². The number of anilines is 1. The summed E-state index contributed by atoms with van der Waals surface area (Å²) in [5.41, 5.74) is 2.05. The van der Waals surface area contributed by atoms with E-state index in [-0.39, 0.29) is 18.9 Å². The number of carboxylic acid groups (broad SMARTS) is 1. The molecule has 1 N–H and O–H groups in total. The monoisotopic (exact) mass is 287 g/mol. The summed E-state index contributed by atoms with van der Waals surface area (Å²) >= 11 is 0. The highest BCUT2D eigenvalue weighted by Crippen LogP contribution is 2.21. The molecule has 0 unspecified atom stereocenters. The number of hydrogen-bond acceptors (Lipinski definition) is 3. The first-order chi connectivity index (χ1) is 10.0. The van der Waals surface area contributed by atoms with Gasteiger partial charge in [0.1, 0.15) is 5.69 Å². The second kappa shape index (κ2) is 6.21. The Kier molecular flexibility index (Phi) is 4.37. The first kappa shape index (κ1) is 14.8. The molecule has 0 bridgehead atoms. The Bertz CT molecular complexity index is 664. The van der Waals surface area contributed by atoms with Gasteiger partial charge in [0.15, 0.2) is 0 Å². The van der Waals surface area contributed by atoms with Gasteiger partial charge < -0.3 is 14.6 Å². The van der Waals surface area contributed by atoms with E-state index < -0.39 is 5.97 Å². The minimum Gasteiger partial charge on any atom is -0.481 e. The van der Waals surface area contributed by atoms with Crippen molar-refractivity contribution in [3.63, 3.8) is 0 Å². The molecule has 0 aliphatic heterocycles. The van der Waals surface area contributed by atoms with E-state index in [2.05, 4.69) is 4.98 Å². The predicted molar refractivity (Wildman–Crippen MR) is 78.3 cm³/mol. The predicted octanol–water partition coefficient (Wildman–Crippen LogP) is 1.85. The van der Waals surface area contributed by atoms with Crippen LogP contribution in [0.1, 0.15) is 22.5 Å². The van der Waals surface area contributed by atoms with Gasteiger partial charge in [0.25, 0.3) is 5.91 Å². The lowest BCUT2D eigenvalue weighted by molar-refractivity contribution is -0.136. The Morgan fingerprint density at radius 3 is 2.62 bits per heavy atom. The highest BCUT2D eigenvalue weighted by atomic mass is 16.4. The molecule has 0 radical (unpaired) electrons. The summed E-state index contributed by atoms with van der Waals surface area (Å²) in [5.74, 6) is -1.20. The minimum absolute atomic E-state index is 0.113. The average Bonchev–Trinajstić information content (AvgIpc) is 2.86. The zero-order chi connectivity index (χ0) is 15.4. The number of carbonyl (C=O) groups is 2. The van der Waals surface area contributed by atoms with Crippen molar-refractivity contribution in [3.05, 3.63) is 48.0 Å². The zero-order valence-electron chi connectivity index (χ0n) is 12.0. The lowest BCUT2D eigenvalue weighted by Crippen LogP contribution is -2.34. The van der Waals surface area contributed by atoms with Gasteiger partial charge in [0.2, 0.25) is 0 Å². The number of benzene rings is 1. The van der Waals surface area contributed by atoms with Gasteiger partial charge in [-0.3, -0.25) is 9.59 Å². The fraction of sp³-hybridized carbons (Fsp3) is 0.267. The molecule has 0 fully saturated rings. The third-order valence-corrected chi connectivity index (χ3v) is 3.24. The smallest absolute Gasteiger partial charge is 0.305 e. The van der Waals surface area contributed by atoms with Crippen LogP contribution in [0.2, 0.25) is 0 Å². The molecule has 1 aromatic heterocycles. The third-order valence-electron chi connectivity index (χ3n) is 3.24. The Hall–Kier alpha value is -2.63. The van der Waals surface area contributed by atoms with E-state index in [4.69, 9.17) is 5.11 Å². The number of nitrogens with zero attached hydrogens (tertiary/aromatic N) is 3. The maximum atomic E-state index is 12.7. The number of aryl methyl sites for hydroxylation is 2. The number of imidazole rings is 1. The van der Waals surface area contributed by atoms with Crippen LogP contribution in [0.4, 0.5) is 5.69 Å². The first-order valence-electron chi connectivity index (χ1n) is 6.56. The van der Waals surface area contributed by atoms with Gasteiger partial charge in [-0.15, -0.1) is 0 Å². The minimum atomic E-state index is -0.939. The lowest BCUT2D eigenvalue weighted by Gasteiger charge is -2.24. The summed E-state index contributed by atoms with van der Waals surface area (Å²) in [4.78, 5) is 28.9. The quantitative estimate of drug-likeness (QED) is 0.910. The van der Waals surface area contributed by atoms with Crippen LogP contribution >= 0.6 is 0 Å². The highest BCUT2D eigenvalue weighted by molar-refractivity contribution is 6.05. The second-order valence-electron chi connectivity index (χ2n) is 4.78. The van der Waals surface area contributed by atoms with E-state index in [0.717, 1.165) is 5.56 Å². The summed E-state index contributed by atoms with van der Waals surface area (Å²) in [6, 6.07) is 7.40. The van der Waals surface area contributed by atoms with Crippen LogP contribution in [0.3, 0.4) is 0 Å². The molecule has 0 saturated heterocycles. The number of aromatic nitrogens is 2. The van der Waals surface area contributed by atoms with Crippen LogP contribution < -0.4 is 4.90 Å². The number of rotatable bonds is 5. The molecule has 6 heteroatoms. The number of aliphatic carboxylic acids is 1. The van der Waals surface area contributed by atoms with Crippen molar-refractivity contribution in [2.75, 3.05) is 11.4 Å².